The third-order valence-electron chi connectivity index (χ3n) is 2.05. The van der Waals surface area contributed by atoms with Crippen molar-refractivity contribution in [3.8, 4) is 5.75 Å². The molecule has 0 unspecified atom stereocenters. The molecule has 1 aromatic carbocycles. The highest BCUT2D eigenvalue weighted by atomic mass is 16.5. The van der Waals surface area contributed by atoms with E-state index in [2.05, 4.69) is 10.3 Å². The molecule has 17 heavy (non-hydrogen) atoms. The van der Waals surface area contributed by atoms with Crippen LogP contribution in [0.4, 0.5) is 5.82 Å². The fraction of sp³-hybridized carbons (Fsp3) is 0.0769. The quantitative estimate of drug-likeness (QED) is 0.871. The number of amides is 1. The van der Waals surface area contributed by atoms with Crippen LogP contribution in [0, 0.1) is 0 Å². The Bertz CT molecular complexity index is 471. The number of aromatic nitrogens is 1. The molecule has 0 saturated carbocycles. The Balaban J connectivity index is 1.83. The van der Waals surface area contributed by atoms with Crippen molar-refractivity contribution >= 4 is 11.7 Å². The van der Waals surface area contributed by atoms with Crippen molar-refractivity contribution in [2.75, 3.05) is 11.9 Å². The molecule has 86 valence electrons. The molecule has 0 saturated heterocycles. The summed E-state index contributed by atoms with van der Waals surface area (Å²) in [5.41, 5.74) is 0. The van der Waals surface area contributed by atoms with Gasteiger partial charge in [-0.2, -0.15) is 0 Å². The molecule has 1 amide bonds. The molecular formula is C13H12N2O2. The van der Waals surface area contributed by atoms with Crippen LogP contribution in [0.15, 0.2) is 54.7 Å². The number of ether oxygens (including phenoxy) is 1. The van der Waals surface area contributed by atoms with Gasteiger partial charge in [-0.15, -0.1) is 0 Å². The van der Waals surface area contributed by atoms with Crippen LogP contribution in [0.25, 0.3) is 0 Å². The monoisotopic (exact) mass is 228 g/mol. The lowest BCUT2D eigenvalue weighted by Crippen LogP contribution is -2.20. The fourth-order valence-corrected chi connectivity index (χ4v) is 1.28. The van der Waals surface area contributed by atoms with E-state index in [0.29, 0.717) is 11.6 Å². The largest absolute Gasteiger partial charge is 0.484 e. The zero-order valence-corrected chi connectivity index (χ0v) is 9.17. The SMILES string of the molecule is O=C(COc1ccccc1)Nc1ccccn1. The van der Waals surface area contributed by atoms with E-state index in [9.17, 15) is 4.79 Å². The van der Waals surface area contributed by atoms with E-state index in [-0.39, 0.29) is 12.5 Å². The maximum absolute atomic E-state index is 11.5. The number of nitrogens with zero attached hydrogens (tertiary/aromatic N) is 1. The Morgan fingerprint density at radius 3 is 2.59 bits per heavy atom. The van der Waals surface area contributed by atoms with Crippen molar-refractivity contribution in [2.24, 2.45) is 0 Å². The highest BCUT2D eigenvalue weighted by molar-refractivity contribution is 5.90. The topological polar surface area (TPSA) is 51.2 Å². The summed E-state index contributed by atoms with van der Waals surface area (Å²) in [7, 11) is 0. The standard InChI is InChI=1S/C13H12N2O2/c16-13(15-12-8-4-5-9-14-12)10-17-11-6-2-1-3-7-11/h1-9H,10H2,(H,14,15,16). The van der Waals surface area contributed by atoms with Gasteiger partial charge >= 0.3 is 0 Å². The van der Waals surface area contributed by atoms with Crippen LogP contribution < -0.4 is 10.1 Å². The molecule has 2 rings (SSSR count). The summed E-state index contributed by atoms with van der Waals surface area (Å²) >= 11 is 0. The average Bonchev–Trinajstić information content (AvgIpc) is 2.39. The molecule has 0 fully saturated rings. The second-order valence-corrected chi connectivity index (χ2v) is 3.36. The summed E-state index contributed by atoms with van der Waals surface area (Å²) in [6.07, 6.45) is 1.62. The lowest BCUT2D eigenvalue weighted by atomic mass is 10.3. The molecule has 0 radical (unpaired) electrons. The Morgan fingerprint density at radius 2 is 1.88 bits per heavy atom. The van der Waals surface area contributed by atoms with Crippen LogP contribution in [0.5, 0.6) is 5.75 Å². The van der Waals surface area contributed by atoms with Gasteiger partial charge in [0.1, 0.15) is 11.6 Å². The molecular weight excluding hydrogens is 216 g/mol. The number of carbonyl (C=O) groups is 1. The van der Waals surface area contributed by atoms with Crippen molar-refractivity contribution in [1.82, 2.24) is 4.98 Å². The first-order valence-corrected chi connectivity index (χ1v) is 5.23. The summed E-state index contributed by atoms with van der Waals surface area (Å²) in [6.45, 7) is -0.0272. The van der Waals surface area contributed by atoms with Gasteiger partial charge in [0.15, 0.2) is 6.61 Å². The van der Waals surface area contributed by atoms with Crippen LogP contribution in [-0.2, 0) is 4.79 Å². The zero-order chi connectivity index (χ0) is 11.9. The van der Waals surface area contributed by atoms with Crippen molar-refractivity contribution in [1.29, 1.82) is 0 Å². The van der Waals surface area contributed by atoms with E-state index in [4.69, 9.17) is 4.74 Å². The number of carbonyl (C=O) groups excluding carboxylic acids is 1. The third kappa shape index (κ3) is 3.61. The first kappa shape index (κ1) is 11.1. The molecule has 1 N–H and O–H groups in total. The molecule has 2 aromatic rings. The molecule has 0 spiro atoms. The minimum absolute atomic E-state index is 0.0272. The highest BCUT2D eigenvalue weighted by Gasteiger charge is 2.03. The van der Waals surface area contributed by atoms with Gasteiger partial charge in [0.25, 0.3) is 5.91 Å². The first-order valence-electron chi connectivity index (χ1n) is 5.23. The summed E-state index contributed by atoms with van der Waals surface area (Å²) in [6, 6.07) is 14.5. The number of pyridine rings is 1. The van der Waals surface area contributed by atoms with Gasteiger partial charge in [-0.1, -0.05) is 24.3 Å². The number of anilines is 1. The minimum atomic E-state index is -0.229. The van der Waals surface area contributed by atoms with E-state index in [1.807, 2.05) is 18.2 Å². The van der Waals surface area contributed by atoms with E-state index >= 15 is 0 Å². The third-order valence-corrected chi connectivity index (χ3v) is 2.05. The van der Waals surface area contributed by atoms with Crippen molar-refractivity contribution in [2.45, 2.75) is 0 Å². The molecule has 0 bridgehead atoms. The predicted octanol–water partition coefficient (Wildman–Crippen LogP) is 2.10. The molecule has 0 atom stereocenters. The number of hydrogen-bond acceptors (Lipinski definition) is 3. The summed E-state index contributed by atoms with van der Waals surface area (Å²) in [5.74, 6) is 0.963. The highest BCUT2D eigenvalue weighted by Crippen LogP contribution is 2.08. The second-order valence-electron chi connectivity index (χ2n) is 3.36. The van der Waals surface area contributed by atoms with Gasteiger partial charge < -0.3 is 10.1 Å². The Morgan fingerprint density at radius 1 is 1.12 bits per heavy atom. The molecule has 0 aliphatic heterocycles. The van der Waals surface area contributed by atoms with Gasteiger partial charge in [0.05, 0.1) is 0 Å². The van der Waals surface area contributed by atoms with Crippen LogP contribution in [0.2, 0.25) is 0 Å². The lowest BCUT2D eigenvalue weighted by Gasteiger charge is -2.06. The molecule has 1 aromatic heterocycles. The molecule has 1 heterocycles. The van der Waals surface area contributed by atoms with Gasteiger partial charge in [0, 0.05) is 6.20 Å². The van der Waals surface area contributed by atoms with Crippen molar-refractivity contribution < 1.29 is 9.53 Å². The smallest absolute Gasteiger partial charge is 0.263 e. The summed E-state index contributed by atoms with van der Waals surface area (Å²) in [4.78, 5) is 15.5. The van der Waals surface area contributed by atoms with E-state index in [1.54, 1.807) is 36.5 Å². The summed E-state index contributed by atoms with van der Waals surface area (Å²) < 4.78 is 5.30. The van der Waals surface area contributed by atoms with Gasteiger partial charge in [0.2, 0.25) is 0 Å². The van der Waals surface area contributed by atoms with Gasteiger partial charge in [-0.25, -0.2) is 4.98 Å². The van der Waals surface area contributed by atoms with Crippen LogP contribution in [0.1, 0.15) is 0 Å². The van der Waals surface area contributed by atoms with Crippen molar-refractivity contribution in [3.63, 3.8) is 0 Å². The minimum Gasteiger partial charge on any atom is -0.484 e. The maximum Gasteiger partial charge on any atom is 0.263 e. The van der Waals surface area contributed by atoms with Gasteiger partial charge in [-0.3, -0.25) is 4.79 Å². The molecule has 0 aliphatic carbocycles. The number of nitrogens with one attached hydrogen (secondary N) is 1. The Kier molecular flexibility index (Phi) is 3.70. The molecule has 4 nitrogen and oxygen atoms in total. The predicted molar refractivity (Wildman–Crippen MR) is 64.8 cm³/mol. The zero-order valence-electron chi connectivity index (χ0n) is 9.17. The van der Waals surface area contributed by atoms with E-state index < -0.39 is 0 Å². The van der Waals surface area contributed by atoms with Gasteiger partial charge in [-0.05, 0) is 24.3 Å². The first-order chi connectivity index (χ1) is 8.34. The number of hydrogen-bond donors (Lipinski definition) is 1. The average molecular weight is 228 g/mol. The number of benzene rings is 1. The lowest BCUT2D eigenvalue weighted by molar-refractivity contribution is -0.118. The Labute approximate surface area is 99.3 Å². The summed E-state index contributed by atoms with van der Waals surface area (Å²) in [5, 5.41) is 2.64. The molecule has 4 heteroatoms. The Hall–Kier alpha value is -2.36. The van der Waals surface area contributed by atoms with Crippen LogP contribution in [0.3, 0.4) is 0 Å². The van der Waals surface area contributed by atoms with Crippen LogP contribution >= 0.6 is 0 Å². The van der Waals surface area contributed by atoms with Crippen molar-refractivity contribution in [3.05, 3.63) is 54.7 Å². The number of rotatable bonds is 4. The van der Waals surface area contributed by atoms with E-state index in [0.717, 1.165) is 0 Å². The second kappa shape index (κ2) is 5.65. The maximum atomic E-state index is 11.5. The number of para-hydroxylation sites is 1. The fourth-order valence-electron chi connectivity index (χ4n) is 1.28. The van der Waals surface area contributed by atoms with E-state index in [1.165, 1.54) is 0 Å². The van der Waals surface area contributed by atoms with Crippen LogP contribution in [-0.4, -0.2) is 17.5 Å². The molecule has 0 aliphatic rings. The normalized spacial score (nSPS) is 9.65.